The Morgan fingerprint density at radius 3 is 2.53 bits per heavy atom. The van der Waals surface area contributed by atoms with Crippen LogP contribution in [0.25, 0.3) is 0 Å². The third-order valence-corrected chi connectivity index (χ3v) is 4.49. The number of rotatable bonds is 3. The third kappa shape index (κ3) is 3.33. The number of hydrogen-bond acceptors (Lipinski definition) is 2. The van der Waals surface area contributed by atoms with Crippen molar-refractivity contribution in [2.75, 3.05) is 4.72 Å². The summed E-state index contributed by atoms with van der Waals surface area (Å²) in [5, 5.41) is 0. The normalized spacial score (nSPS) is 11.3. The molecule has 0 atom stereocenters. The molecule has 0 radical (unpaired) electrons. The lowest BCUT2D eigenvalue weighted by atomic mass is 10.2. The van der Waals surface area contributed by atoms with Crippen molar-refractivity contribution in [2.24, 2.45) is 0 Å². The molecule has 0 amide bonds. The van der Waals surface area contributed by atoms with Crippen LogP contribution in [-0.4, -0.2) is 8.42 Å². The molecule has 2 aromatic carbocycles. The summed E-state index contributed by atoms with van der Waals surface area (Å²) in [7, 11) is -3.70. The number of halogens is 2. The van der Waals surface area contributed by atoms with Gasteiger partial charge in [-0.2, -0.15) is 0 Å². The highest BCUT2D eigenvalue weighted by molar-refractivity contribution is 9.10. The Hall–Kier alpha value is -1.40. The maximum Gasteiger partial charge on any atom is 0.261 e. The minimum Gasteiger partial charge on any atom is -0.280 e. The van der Waals surface area contributed by atoms with Gasteiger partial charge in [-0.05, 0) is 58.7 Å². The van der Waals surface area contributed by atoms with Crippen molar-refractivity contribution in [3.63, 3.8) is 0 Å². The Morgan fingerprint density at radius 1 is 1.16 bits per heavy atom. The van der Waals surface area contributed by atoms with Crippen LogP contribution in [0.2, 0.25) is 0 Å². The van der Waals surface area contributed by atoms with E-state index in [9.17, 15) is 12.8 Å². The molecule has 0 saturated heterocycles. The minimum absolute atomic E-state index is 0.149. The van der Waals surface area contributed by atoms with Crippen LogP contribution in [0, 0.1) is 12.7 Å². The number of sulfonamides is 1. The Bertz CT molecular complexity index is 716. The molecule has 1 N–H and O–H groups in total. The molecule has 0 fully saturated rings. The summed E-state index contributed by atoms with van der Waals surface area (Å²) in [4.78, 5) is 0.149. The van der Waals surface area contributed by atoms with Gasteiger partial charge in [0, 0.05) is 0 Å². The summed E-state index contributed by atoms with van der Waals surface area (Å²) >= 11 is 3.01. The largest absolute Gasteiger partial charge is 0.280 e. The summed E-state index contributed by atoms with van der Waals surface area (Å²) in [6.45, 7) is 1.80. The van der Waals surface area contributed by atoms with E-state index >= 15 is 0 Å². The first kappa shape index (κ1) is 14.0. The Kier molecular flexibility index (Phi) is 3.91. The van der Waals surface area contributed by atoms with Crippen LogP contribution in [0.5, 0.6) is 0 Å². The van der Waals surface area contributed by atoms with Crippen LogP contribution < -0.4 is 4.72 Å². The number of anilines is 1. The van der Waals surface area contributed by atoms with Crippen LogP contribution in [0.1, 0.15) is 5.56 Å². The summed E-state index contributed by atoms with van der Waals surface area (Å²) in [5.74, 6) is -0.524. The number of aryl methyl sites for hydroxylation is 1. The lowest BCUT2D eigenvalue weighted by Gasteiger charge is -2.09. The molecule has 19 heavy (non-hydrogen) atoms. The molecule has 0 saturated carbocycles. The Labute approximate surface area is 119 Å². The summed E-state index contributed by atoms with van der Waals surface area (Å²) < 4.78 is 40.2. The van der Waals surface area contributed by atoms with Gasteiger partial charge in [0.05, 0.1) is 15.1 Å². The summed E-state index contributed by atoms with van der Waals surface area (Å²) in [6.07, 6.45) is 0. The van der Waals surface area contributed by atoms with Crippen molar-refractivity contribution in [3.05, 3.63) is 58.3 Å². The second-order valence-corrected chi connectivity index (χ2v) is 6.59. The van der Waals surface area contributed by atoms with Gasteiger partial charge in [-0.1, -0.05) is 12.1 Å². The average Bonchev–Trinajstić information content (AvgIpc) is 2.33. The van der Waals surface area contributed by atoms with Gasteiger partial charge in [0.25, 0.3) is 10.0 Å². The SMILES string of the molecule is Cc1cccc(S(=O)(=O)Nc2ccc(Br)c(F)c2)c1. The number of hydrogen-bond donors (Lipinski definition) is 1. The van der Waals surface area contributed by atoms with Crippen molar-refractivity contribution in [2.45, 2.75) is 11.8 Å². The molecule has 2 aromatic rings. The maximum atomic E-state index is 13.3. The highest BCUT2D eigenvalue weighted by atomic mass is 79.9. The molecule has 0 bridgehead atoms. The number of nitrogens with one attached hydrogen (secondary N) is 1. The van der Waals surface area contributed by atoms with Crippen molar-refractivity contribution >= 4 is 31.6 Å². The summed E-state index contributed by atoms with van der Waals surface area (Å²) in [5.41, 5.74) is 1.02. The zero-order valence-electron chi connectivity index (χ0n) is 10.0. The fraction of sp³-hybridized carbons (Fsp3) is 0.0769. The first-order chi connectivity index (χ1) is 8.88. The second-order valence-electron chi connectivity index (χ2n) is 4.05. The zero-order valence-corrected chi connectivity index (χ0v) is 12.4. The lowest BCUT2D eigenvalue weighted by Crippen LogP contribution is -2.13. The monoisotopic (exact) mass is 343 g/mol. The molecule has 0 aromatic heterocycles. The van der Waals surface area contributed by atoms with E-state index in [0.29, 0.717) is 0 Å². The fourth-order valence-electron chi connectivity index (χ4n) is 1.56. The minimum atomic E-state index is -3.70. The maximum absolute atomic E-state index is 13.3. The number of benzene rings is 2. The topological polar surface area (TPSA) is 46.2 Å². The van der Waals surface area contributed by atoms with Gasteiger partial charge in [0.1, 0.15) is 5.82 Å². The van der Waals surface area contributed by atoms with E-state index in [2.05, 4.69) is 20.7 Å². The molecular formula is C13H11BrFNO2S. The molecule has 0 heterocycles. The quantitative estimate of drug-likeness (QED) is 0.923. The van der Waals surface area contributed by atoms with E-state index in [1.165, 1.54) is 18.2 Å². The van der Waals surface area contributed by atoms with Gasteiger partial charge in [0.15, 0.2) is 0 Å². The van der Waals surface area contributed by atoms with Crippen LogP contribution in [0.4, 0.5) is 10.1 Å². The standard InChI is InChI=1S/C13H11BrFNO2S/c1-9-3-2-4-11(7-9)19(17,18)16-10-5-6-12(14)13(15)8-10/h2-8,16H,1H3. The zero-order chi connectivity index (χ0) is 14.0. The Morgan fingerprint density at radius 2 is 1.89 bits per heavy atom. The first-order valence-corrected chi connectivity index (χ1v) is 7.71. The predicted molar refractivity (Wildman–Crippen MR) is 76.1 cm³/mol. The molecule has 0 aliphatic heterocycles. The van der Waals surface area contributed by atoms with Crippen LogP contribution in [0.15, 0.2) is 51.8 Å². The molecule has 6 heteroatoms. The predicted octanol–water partition coefficient (Wildman–Crippen LogP) is 3.70. The van der Waals surface area contributed by atoms with Gasteiger partial charge >= 0.3 is 0 Å². The van der Waals surface area contributed by atoms with Crippen LogP contribution in [-0.2, 0) is 10.0 Å². The molecular weight excluding hydrogens is 333 g/mol. The average molecular weight is 344 g/mol. The Balaban J connectivity index is 2.33. The lowest BCUT2D eigenvalue weighted by molar-refractivity contribution is 0.601. The van der Waals surface area contributed by atoms with Gasteiger partial charge in [0.2, 0.25) is 0 Å². The van der Waals surface area contributed by atoms with Gasteiger partial charge < -0.3 is 0 Å². The third-order valence-electron chi connectivity index (χ3n) is 2.47. The van der Waals surface area contributed by atoms with Gasteiger partial charge in [-0.15, -0.1) is 0 Å². The van der Waals surface area contributed by atoms with Gasteiger partial charge in [-0.25, -0.2) is 12.8 Å². The smallest absolute Gasteiger partial charge is 0.261 e. The first-order valence-electron chi connectivity index (χ1n) is 5.43. The van der Waals surface area contributed by atoms with Gasteiger partial charge in [-0.3, -0.25) is 4.72 Å². The molecule has 0 unspecified atom stereocenters. The van der Waals surface area contributed by atoms with E-state index in [4.69, 9.17) is 0 Å². The molecule has 0 aliphatic carbocycles. The van der Waals surface area contributed by atoms with Crippen LogP contribution >= 0.6 is 15.9 Å². The molecule has 0 aliphatic rings. The summed E-state index contributed by atoms with van der Waals surface area (Å²) in [6, 6.07) is 10.6. The van der Waals surface area contributed by atoms with E-state index in [0.717, 1.165) is 11.6 Å². The fourth-order valence-corrected chi connectivity index (χ4v) is 2.96. The van der Waals surface area contributed by atoms with Crippen molar-refractivity contribution in [3.8, 4) is 0 Å². The molecule has 2 rings (SSSR count). The highest BCUT2D eigenvalue weighted by Crippen LogP contribution is 2.22. The van der Waals surface area contributed by atoms with Crippen molar-refractivity contribution < 1.29 is 12.8 Å². The van der Waals surface area contributed by atoms with Crippen molar-refractivity contribution in [1.29, 1.82) is 0 Å². The molecule has 100 valence electrons. The van der Waals surface area contributed by atoms with Crippen molar-refractivity contribution in [1.82, 2.24) is 0 Å². The molecule has 3 nitrogen and oxygen atoms in total. The van der Waals surface area contributed by atoms with Crippen LogP contribution in [0.3, 0.4) is 0 Å². The second kappa shape index (κ2) is 5.30. The van der Waals surface area contributed by atoms with E-state index in [-0.39, 0.29) is 15.1 Å². The van der Waals surface area contributed by atoms with E-state index in [1.54, 1.807) is 25.1 Å². The van der Waals surface area contributed by atoms with E-state index < -0.39 is 15.8 Å². The molecule has 0 spiro atoms. The van der Waals surface area contributed by atoms with E-state index in [1.807, 2.05) is 0 Å². The highest BCUT2D eigenvalue weighted by Gasteiger charge is 2.14.